The molecule has 0 aliphatic carbocycles. The van der Waals surface area contributed by atoms with Crippen LogP contribution in [0, 0.1) is 0 Å². The average Bonchev–Trinajstić information content (AvgIpc) is 2.79. The van der Waals surface area contributed by atoms with Crippen LogP contribution in [0.2, 0.25) is 0 Å². The minimum Gasteiger partial charge on any atom is -0.507 e. The van der Waals surface area contributed by atoms with Crippen molar-refractivity contribution in [3.63, 3.8) is 0 Å². The van der Waals surface area contributed by atoms with Crippen LogP contribution in [0.5, 0.6) is 5.75 Å². The van der Waals surface area contributed by atoms with Crippen LogP contribution in [0.3, 0.4) is 0 Å². The fraction of sp³-hybridized carbons (Fsp3) is 0.125. The molecule has 0 unspecified atom stereocenters. The number of nitrogens with one attached hydrogen (secondary N) is 1. The van der Waals surface area contributed by atoms with Gasteiger partial charge in [0.2, 0.25) is 5.91 Å². The second kappa shape index (κ2) is 9.05. The number of esters is 1. The number of methoxy groups -OCH3 is 1. The molecule has 0 spiro atoms. The number of ketones is 1. The molecule has 0 bridgehead atoms. The Hall–Kier alpha value is -3.93. The van der Waals surface area contributed by atoms with Gasteiger partial charge in [0.1, 0.15) is 11.3 Å². The monoisotopic (exact) mass is 403 g/mol. The topological polar surface area (TPSA) is 92.7 Å². The third-order valence-electron chi connectivity index (χ3n) is 4.75. The fourth-order valence-corrected chi connectivity index (χ4v) is 2.99. The Labute approximate surface area is 174 Å². The Morgan fingerprint density at radius 1 is 0.900 bits per heavy atom. The molecule has 0 radical (unpaired) electrons. The molecule has 0 saturated heterocycles. The number of carbonyl (C=O) groups excluding carboxylic acids is 3. The lowest BCUT2D eigenvalue weighted by molar-refractivity contribution is -0.117. The summed E-state index contributed by atoms with van der Waals surface area (Å²) < 4.78 is 4.62. The van der Waals surface area contributed by atoms with Crippen molar-refractivity contribution in [2.24, 2.45) is 0 Å². The Bertz CT molecular complexity index is 1090. The molecule has 30 heavy (non-hydrogen) atoms. The number of hydrogen-bond donors (Lipinski definition) is 2. The SMILES string of the molecule is COC(=O)c1cc(NC(=O)[C@@H](C)c2cccc(C(=O)c3ccccc3)c2)ccc1O. The van der Waals surface area contributed by atoms with Crippen molar-refractivity contribution < 1.29 is 24.2 Å². The van der Waals surface area contributed by atoms with Gasteiger partial charge in [-0.2, -0.15) is 0 Å². The van der Waals surface area contributed by atoms with Crippen molar-refractivity contribution in [2.45, 2.75) is 12.8 Å². The summed E-state index contributed by atoms with van der Waals surface area (Å²) in [5.74, 6) is -1.93. The second-order valence-electron chi connectivity index (χ2n) is 6.76. The van der Waals surface area contributed by atoms with Gasteiger partial charge in [0.15, 0.2) is 5.78 Å². The van der Waals surface area contributed by atoms with E-state index in [1.54, 1.807) is 55.5 Å². The van der Waals surface area contributed by atoms with E-state index in [1.165, 1.54) is 25.3 Å². The Morgan fingerprint density at radius 3 is 2.30 bits per heavy atom. The number of aromatic hydroxyl groups is 1. The summed E-state index contributed by atoms with van der Waals surface area (Å²) >= 11 is 0. The van der Waals surface area contributed by atoms with Gasteiger partial charge in [-0.05, 0) is 36.8 Å². The summed E-state index contributed by atoms with van der Waals surface area (Å²) in [6, 6.07) is 20.0. The first-order chi connectivity index (χ1) is 14.4. The van der Waals surface area contributed by atoms with E-state index in [9.17, 15) is 19.5 Å². The fourth-order valence-electron chi connectivity index (χ4n) is 2.99. The van der Waals surface area contributed by atoms with Crippen LogP contribution in [0.1, 0.15) is 44.7 Å². The van der Waals surface area contributed by atoms with Gasteiger partial charge in [-0.25, -0.2) is 4.79 Å². The van der Waals surface area contributed by atoms with Crippen molar-refractivity contribution in [1.29, 1.82) is 0 Å². The van der Waals surface area contributed by atoms with Crippen molar-refractivity contribution in [3.05, 3.63) is 95.1 Å². The summed E-state index contributed by atoms with van der Waals surface area (Å²) in [4.78, 5) is 37.1. The second-order valence-corrected chi connectivity index (χ2v) is 6.76. The third kappa shape index (κ3) is 4.55. The quantitative estimate of drug-likeness (QED) is 0.366. The lowest BCUT2D eigenvalue weighted by Crippen LogP contribution is -2.19. The van der Waals surface area contributed by atoms with Gasteiger partial charge in [-0.3, -0.25) is 9.59 Å². The van der Waals surface area contributed by atoms with Crippen molar-refractivity contribution in [2.75, 3.05) is 12.4 Å². The number of phenolic OH excluding ortho intramolecular Hbond substituents is 1. The van der Waals surface area contributed by atoms with Crippen LogP contribution in [-0.4, -0.2) is 29.9 Å². The van der Waals surface area contributed by atoms with Crippen LogP contribution in [0.25, 0.3) is 0 Å². The Kier molecular flexibility index (Phi) is 6.27. The van der Waals surface area contributed by atoms with Crippen LogP contribution < -0.4 is 5.32 Å². The number of hydrogen-bond acceptors (Lipinski definition) is 5. The highest BCUT2D eigenvalue weighted by Crippen LogP contribution is 2.25. The maximum Gasteiger partial charge on any atom is 0.341 e. The molecule has 3 rings (SSSR count). The van der Waals surface area contributed by atoms with E-state index >= 15 is 0 Å². The molecule has 1 atom stereocenters. The van der Waals surface area contributed by atoms with Gasteiger partial charge in [-0.1, -0.05) is 48.5 Å². The van der Waals surface area contributed by atoms with Gasteiger partial charge >= 0.3 is 5.97 Å². The first kappa shape index (κ1) is 20.8. The zero-order valence-electron chi connectivity index (χ0n) is 16.6. The lowest BCUT2D eigenvalue weighted by Gasteiger charge is -2.14. The lowest BCUT2D eigenvalue weighted by atomic mass is 9.95. The first-order valence-electron chi connectivity index (χ1n) is 9.32. The minimum absolute atomic E-state index is 0.0431. The normalized spacial score (nSPS) is 11.4. The minimum atomic E-state index is -0.705. The van der Waals surface area contributed by atoms with Gasteiger partial charge in [0, 0.05) is 16.8 Å². The van der Waals surface area contributed by atoms with Crippen molar-refractivity contribution in [1.82, 2.24) is 0 Å². The average molecular weight is 403 g/mol. The van der Waals surface area contributed by atoms with Crippen LogP contribution in [0.15, 0.2) is 72.8 Å². The van der Waals surface area contributed by atoms with E-state index in [4.69, 9.17) is 0 Å². The molecule has 0 aromatic heterocycles. The van der Waals surface area contributed by atoms with Crippen LogP contribution in [-0.2, 0) is 9.53 Å². The number of amides is 1. The maximum absolute atomic E-state index is 12.7. The molecular weight excluding hydrogens is 382 g/mol. The van der Waals surface area contributed by atoms with Gasteiger partial charge in [0.25, 0.3) is 0 Å². The van der Waals surface area contributed by atoms with Gasteiger partial charge in [0.05, 0.1) is 13.0 Å². The first-order valence-corrected chi connectivity index (χ1v) is 9.32. The highest BCUT2D eigenvalue weighted by molar-refractivity contribution is 6.09. The summed E-state index contributed by atoms with van der Waals surface area (Å²) in [5, 5.41) is 12.5. The molecular formula is C24H21NO5. The highest BCUT2D eigenvalue weighted by atomic mass is 16.5. The largest absolute Gasteiger partial charge is 0.507 e. The molecule has 6 heteroatoms. The molecule has 0 aliphatic heterocycles. The smallest absolute Gasteiger partial charge is 0.341 e. The number of carbonyl (C=O) groups is 3. The molecule has 0 aliphatic rings. The molecule has 0 heterocycles. The predicted molar refractivity (Wildman–Crippen MR) is 113 cm³/mol. The summed E-state index contributed by atoms with van der Waals surface area (Å²) in [6.45, 7) is 1.73. The summed E-state index contributed by atoms with van der Waals surface area (Å²) in [6.07, 6.45) is 0. The van der Waals surface area contributed by atoms with Crippen molar-refractivity contribution in [3.8, 4) is 5.75 Å². The zero-order chi connectivity index (χ0) is 21.7. The number of rotatable bonds is 6. The van der Waals surface area contributed by atoms with E-state index in [0.717, 1.165) is 0 Å². The molecule has 1 amide bonds. The predicted octanol–water partition coefficient (Wildman–Crippen LogP) is 4.15. The third-order valence-corrected chi connectivity index (χ3v) is 4.75. The van der Waals surface area contributed by atoms with Crippen LogP contribution in [0.4, 0.5) is 5.69 Å². The highest BCUT2D eigenvalue weighted by Gasteiger charge is 2.19. The number of phenols is 1. The van der Waals surface area contributed by atoms with Crippen LogP contribution >= 0.6 is 0 Å². The van der Waals surface area contributed by atoms with Gasteiger partial charge < -0.3 is 15.2 Å². The molecule has 2 N–H and O–H groups in total. The van der Waals surface area contributed by atoms with E-state index in [1.807, 2.05) is 6.07 Å². The van der Waals surface area contributed by atoms with Gasteiger partial charge in [-0.15, -0.1) is 0 Å². The van der Waals surface area contributed by atoms with E-state index in [0.29, 0.717) is 22.4 Å². The molecule has 3 aromatic carbocycles. The number of ether oxygens (including phenoxy) is 1. The summed E-state index contributed by atoms with van der Waals surface area (Å²) in [7, 11) is 1.21. The van der Waals surface area contributed by atoms with Crippen molar-refractivity contribution >= 4 is 23.3 Å². The number of benzene rings is 3. The molecule has 152 valence electrons. The molecule has 0 saturated carbocycles. The zero-order valence-corrected chi connectivity index (χ0v) is 16.6. The molecule has 0 fully saturated rings. The summed E-state index contributed by atoms with van der Waals surface area (Å²) in [5.41, 5.74) is 2.06. The Morgan fingerprint density at radius 2 is 1.60 bits per heavy atom. The van der Waals surface area contributed by atoms with E-state index < -0.39 is 11.9 Å². The molecule has 6 nitrogen and oxygen atoms in total. The number of anilines is 1. The van der Waals surface area contributed by atoms with E-state index in [2.05, 4.69) is 10.1 Å². The standard InChI is InChI=1S/C24H21NO5/c1-15(23(28)25-19-11-12-21(26)20(14-19)24(29)30-2)17-9-6-10-18(13-17)22(27)16-7-4-3-5-8-16/h3-15,26H,1-2H3,(H,25,28)/t15-/m0/s1. The Balaban J connectivity index is 1.79. The van der Waals surface area contributed by atoms with E-state index in [-0.39, 0.29) is 23.0 Å². The maximum atomic E-state index is 12.7. The molecule has 3 aromatic rings.